The number of primary amides is 1. The van der Waals surface area contributed by atoms with Gasteiger partial charge < -0.3 is 11.1 Å². The molecule has 0 saturated carbocycles. The number of hydrogen-bond donors (Lipinski definition) is 2. The van der Waals surface area contributed by atoms with Gasteiger partial charge in [0, 0.05) is 6.04 Å². The lowest BCUT2D eigenvalue weighted by Crippen LogP contribution is -2.30. The van der Waals surface area contributed by atoms with Crippen LogP contribution in [0.3, 0.4) is 0 Å². The molecule has 1 aromatic rings. The topological polar surface area (TPSA) is 68.0 Å². The molecule has 3 N–H and O–H groups in total. The molecule has 0 bridgehead atoms. The van der Waals surface area contributed by atoms with Gasteiger partial charge >= 0.3 is 0 Å². The largest absolute Gasteiger partial charge is 0.369 e. The minimum atomic E-state index is -0.432. The lowest BCUT2D eigenvalue weighted by atomic mass is 10.2. The first-order valence-electron chi connectivity index (χ1n) is 4.22. The monoisotopic (exact) mass is 197 g/mol. The predicted octanol–water partition coefficient (Wildman–Crippen LogP) is 0.357. The summed E-state index contributed by atoms with van der Waals surface area (Å²) in [6, 6.07) is 2.77. The van der Waals surface area contributed by atoms with E-state index in [2.05, 4.69) is 10.3 Å². The van der Waals surface area contributed by atoms with Crippen molar-refractivity contribution in [3.05, 3.63) is 29.8 Å². The summed E-state index contributed by atoms with van der Waals surface area (Å²) in [6.07, 6.45) is 1.14. The van der Waals surface area contributed by atoms with E-state index in [4.69, 9.17) is 5.73 Å². The average molecular weight is 197 g/mol. The van der Waals surface area contributed by atoms with Gasteiger partial charge in [-0.05, 0) is 19.1 Å². The fourth-order valence-corrected chi connectivity index (χ4v) is 1.00. The first kappa shape index (κ1) is 10.6. The summed E-state index contributed by atoms with van der Waals surface area (Å²) in [5, 5.41) is 2.86. The lowest BCUT2D eigenvalue weighted by molar-refractivity contribution is -0.117. The number of rotatable bonds is 4. The van der Waals surface area contributed by atoms with Crippen molar-refractivity contribution >= 4 is 5.91 Å². The molecule has 76 valence electrons. The van der Waals surface area contributed by atoms with Gasteiger partial charge in [0.25, 0.3) is 0 Å². The van der Waals surface area contributed by atoms with Gasteiger partial charge in [-0.15, -0.1) is 0 Å². The normalized spacial score (nSPS) is 12.4. The molecule has 0 spiro atoms. The Bertz CT molecular complexity index is 312. The molecule has 1 atom stereocenters. The predicted molar refractivity (Wildman–Crippen MR) is 49.8 cm³/mol. The van der Waals surface area contributed by atoms with Gasteiger partial charge in [-0.1, -0.05) is 0 Å². The number of amides is 1. The van der Waals surface area contributed by atoms with Crippen molar-refractivity contribution in [3.8, 4) is 0 Å². The van der Waals surface area contributed by atoms with Crippen LogP contribution in [0.2, 0.25) is 0 Å². The zero-order valence-electron chi connectivity index (χ0n) is 7.83. The molecule has 0 fully saturated rings. The van der Waals surface area contributed by atoms with Crippen molar-refractivity contribution < 1.29 is 9.18 Å². The number of aromatic nitrogens is 1. The van der Waals surface area contributed by atoms with E-state index in [1.165, 1.54) is 6.07 Å². The Morgan fingerprint density at radius 1 is 1.71 bits per heavy atom. The summed E-state index contributed by atoms with van der Waals surface area (Å²) < 4.78 is 12.5. The van der Waals surface area contributed by atoms with Gasteiger partial charge in [-0.2, -0.15) is 0 Å². The number of halogens is 1. The van der Waals surface area contributed by atoms with E-state index in [1.807, 2.05) is 6.92 Å². The molecule has 5 heteroatoms. The number of pyridine rings is 1. The molecule has 4 nitrogen and oxygen atoms in total. The van der Waals surface area contributed by atoms with E-state index >= 15 is 0 Å². The lowest BCUT2D eigenvalue weighted by Gasteiger charge is -2.11. The van der Waals surface area contributed by atoms with Gasteiger partial charge in [0.15, 0.2) is 0 Å². The Kier molecular flexibility index (Phi) is 3.53. The van der Waals surface area contributed by atoms with Crippen LogP contribution in [0, 0.1) is 5.82 Å². The zero-order chi connectivity index (χ0) is 10.6. The summed E-state index contributed by atoms with van der Waals surface area (Å²) in [5.41, 5.74) is 5.63. The van der Waals surface area contributed by atoms with E-state index in [0.29, 0.717) is 5.69 Å². The minimum Gasteiger partial charge on any atom is -0.369 e. The second kappa shape index (κ2) is 4.66. The number of nitrogens with zero attached hydrogens (tertiary/aromatic N) is 1. The summed E-state index contributed by atoms with van der Waals surface area (Å²) in [4.78, 5) is 14.3. The maximum absolute atomic E-state index is 12.5. The smallest absolute Gasteiger partial charge is 0.231 e. The molecule has 0 aromatic carbocycles. The molecule has 1 heterocycles. The van der Waals surface area contributed by atoms with E-state index in [0.717, 1.165) is 6.20 Å². The van der Waals surface area contributed by atoms with Gasteiger partial charge in [-0.25, -0.2) is 4.39 Å². The molecular weight excluding hydrogens is 185 g/mol. The Morgan fingerprint density at radius 2 is 2.43 bits per heavy atom. The van der Waals surface area contributed by atoms with Gasteiger partial charge in [0.1, 0.15) is 5.82 Å². The average Bonchev–Trinajstić information content (AvgIpc) is 2.15. The highest BCUT2D eigenvalue weighted by Gasteiger charge is 2.06. The van der Waals surface area contributed by atoms with Crippen molar-refractivity contribution in [3.63, 3.8) is 0 Å². The second-order valence-electron chi connectivity index (χ2n) is 2.97. The first-order chi connectivity index (χ1) is 6.59. The third-order valence-electron chi connectivity index (χ3n) is 1.78. The molecule has 1 unspecified atom stereocenters. The van der Waals surface area contributed by atoms with Gasteiger partial charge in [-0.3, -0.25) is 9.78 Å². The third-order valence-corrected chi connectivity index (χ3v) is 1.78. The zero-order valence-corrected chi connectivity index (χ0v) is 7.83. The van der Waals surface area contributed by atoms with Crippen LogP contribution in [-0.4, -0.2) is 17.4 Å². The van der Waals surface area contributed by atoms with Crippen molar-refractivity contribution in [2.75, 3.05) is 6.54 Å². The SMILES string of the molecule is CC(NCC(N)=O)c1ccc(F)cn1. The molecule has 1 amide bonds. The fourth-order valence-electron chi connectivity index (χ4n) is 1.00. The highest BCUT2D eigenvalue weighted by atomic mass is 19.1. The summed E-state index contributed by atoms with van der Waals surface area (Å²) in [5.74, 6) is -0.810. The van der Waals surface area contributed by atoms with E-state index in [9.17, 15) is 9.18 Å². The Balaban J connectivity index is 2.56. The fraction of sp³-hybridized carbons (Fsp3) is 0.333. The molecule has 1 aromatic heterocycles. The van der Waals surface area contributed by atoms with Crippen LogP contribution in [0.15, 0.2) is 18.3 Å². The van der Waals surface area contributed by atoms with Crippen molar-refractivity contribution in [2.24, 2.45) is 5.73 Å². The third kappa shape index (κ3) is 3.10. The van der Waals surface area contributed by atoms with Crippen LogP contribution in [0.5, 0.6) is 0 Å². The van der Waals surface area contributed by atoms with Crippen molar-refractivity contribution in [2.45, 2.75) is 13.0 Å². The maximum atomic E-state index is 12.5. The number of nitrogens with two attached hydrogens (primary N) is 1. The van der Waals surface area contributed by atoms with Crippen molar-refractivity contribution in [1.82, 2.24) is 10.3 Å². The molecular formula is C9H12FN3O. The van der Waals surface area contributed by atoms with Crippen LogP contribution in [0.1, 0.15) is 18.7 Å². The maximum Gasteiger partial charge on any atom is 0.231 e. The molecule has 0 aliphatic carbocycles. The number of nitrogens with one attached hydrogen (secondary N) is 1. The Labute approximate surface area is 81.3 Å². The number of carbonyl (C=O) groups is 1. The number of carbonyl (C=O) groups excluding carboxylic acids is 1. The van der Waals surface area contributed by atoms with Crippen molar-refractivity contribution in [1.29, 1.82) is 0 Å². The standard InChI is InChI=1S/C9H12FN3O/c1-6(12-5-9(11)14)8-3-2-7(10)4-13-8/h2-4,6,12H,5H2,1H3,(H2,11,14). The highest BCUT2D eigenvalue weighted by Crippen LogP contribution is 2.08. The minimum absolute atomic E-state index is 0.0836. The van der Waals surface area contributed by atoms with Crippen LogP contribution >= 0.6 is 0 Å². The van der Waals surface area contributed by atoms with Crippen LogP contribution < -0.4 is 11.1 Å². The van der Waals surface area contributed by atoms with Gasteiger partial charge in [0.2, 0.25) is 5.91 Å². The molecule has 0 saturated heterocycles. The van der Waals surface area contributed by atoms with Crippen LogP contribution in [0.4, 0.5) is 4.39 Å². The van der Waals surface area contributed by atoms with E-state index in [-0.39, 0.29) is 18.4 Å². The molecule has 1 rings (SSSR count). The van der Waals surface area contributed by atoms with E-state index in [1.54, 1.807) is 6.07 Å². The Morgan fingerprint density at radius 3 is 2.93 bits per heavy atom. The first-order valence-corrected chi connectivity index (χ1v) is 4.22. The second-order valence-corrected chi connectivity index (χ2v) is 2.97. The highest BCUT2D eigenvalue weighted by molar-refractivity contribution is 5.75. The molecule has 0 aliphatic rings. The van der Waals surface area contributed by atoms with Crippen LogP contribution in [-0.2, 0) is 4.79 Å². The quantitative estimate of drug-likeness (QED) is 0.732. The molecule has 14 heavy (non-hydrogen) atoms. The summed E-state index contributed by atoms with van der Waals surface area (Å²) in [6.45, 7) is 1.91. The van der Waals surface area contributed by atoms with Crippen LogP contribution in [0.25, 0.3) is 0 Å². The summed E-state index contributed by atoms with van der Waals surface area (Å²) >= 11 is 0. The molecule has 0 aliphatic heterocycles. The van der Waals surface area contributed by atoms with E-state index < -0.39 is 5.91 Å². The number of hydrogen-bond acceptors (Lipinski definition) is 3. The van der Waals surface area contributed by atoms with Gasteiger partial charge in [0.05, 0.1) is 18.4 Å². The Hall–Kier alpha value is -1.49. The molecule has 0 radical (unpaired) electrons. The summed E-state index contributed by atoms with van der Waals surface area (Å²) in [7, 11) is 0.